The van der Waals surface area contributed by atoms with Crippen LogP contribution < -0.4 is 5.32 Å². The standard InChI is InChI=1S/C19H30ClN/c1-19(2,3)16-10-8-15(9-11-16)18(21-4)13-14-6-5-7-17(20)12-14/h5-7,12,15-16,18,21H,8-11,13H2,1-4H3. The molecular weight excluding hydrogens is 278 g/mol. The van der Waals surface area contributed by atoms with Gasteiger partial charge < -0.3 is 5.32 Å². The minimum Gasteiger partial charge on any atom is -0.316 e. The molecule has 1 saturated carbocycles. The third-order valence-corrected chi connectivity index (χ3v) is 5.52. The molecule has 0 saturated heterocycles. The van der Waals surface area contributed by atoms with Gasteiger partial charge in [-0.25, -0.2) is 0 Å². The van der Waals surface area contributed by atoms with Gasteiger partial charge in [-0.1, -0.05) is 44.5 Å². The molecule has 1 aromatic carbocycles. The molecule has 1 aliphatic carbocycles. The Balaban J connectivity index is 1.94. The van der Waals surface area contributed by atoms with Gasteiger partial charge in [0.1, 0.15) is 0 Å². The highest BCUT2D eigenvalue weighted by molar-refractivity contribution is 6.30. The fourth-order valence-corrected chi connectivity index (χ4v) is 4.02. The van der Waals surface area contributed by atoms with E-state index in [0.717, 1.165) is 23.3 Å². The summed E-state index contributed by atoms with van der Waals surface area (Å²) >= 11 is 6.11. The molecule has 2 rings (SSSR count). The van der Waals surface area contributed by atoms with E-state index in [1.165, 1.54) is 31.2 Å². The molecule has 0 amide bonds. The van der Waals surface area contributed by atoms with Crippen molar-refractivity contribution in [2.24, 2.45) is 17.3 Å². The van der Waals surface area contributed by atoms with Gasteiger partial charge in [-0.3, -0.25) is 0 Å². The minimum absolute atomic E-state index is 0.465. The molecule has 0 radical (unpaired) electrons. The Labute approximate surface area is 135 Å². The van der Waals surface area contributed by atoms with Crippen molar-refractivity contribution in [1.82, 2.24) is 5.32 Å². The summed E-state index contributed by atoms with van der Waals surface area (Å²) in [6.07, 6.45) is 6.55. The first-order valence-corrected chi connectivity index (χ1v) is 8.69. The minimum atomic E-state index is 0.465. The van der Waals surface area contributed by atoms with E-state index >= 15 is 0 Å². The number of benzene rings is 1. The van der Waals surface area contributed by atoms with Crippen LogP contribution in [0.25, 0.3) is 0 Å². The summed E-state index contributed by atoms with van der Waals surface area (Å²) in [4.78, 5) is 0. The molecule has 1 fully saturated rings. The van der Waals surface area contributed by atoms with Crippen LogP contribution in [0.1, 0.15) is 52.0 Å². The highest BCUT2D eigenvalue weighted by atomic mass is 35.5. The summed E-state index contributed by atoms with van der Waals surface area (Å²) in [6.45, 7) is 7.17. The van der Waals surface area contributed by atoms with Gasteiger partial charge in [0.15, 0.2) is 0 Å². The van der Waals surface area contributed by atoms with Gasteiger partial charge in [0.25, 0.3) is 0 Å². The Hall–Kier alpha value is -0.530. The normalized spacial score (nSPS) is 24.8. The Morgan fingerprint density at radius 1 is 1.19 bits per heavy atom. The van der Waals surface area contributed by atoms with E-state index in [-0.39, 0.29) is 0 Å². The van der Waals surface area contributed by atoms with E-state index in [4.69, 9.17) is 11.6 Å². The molecule has 0 bridgehead atoms. The molecule has 1 nitrogen and oxygen atoms in total. The van der Waals surface area contributed by atoms with Gasteiger partial charge in [-0.15, -0.1) is 0 Å². The van der Waals surface area contributed by atoms with Crippen molar-refractivity contribution in [2.75, 3.05) is 7.05 Å². The van der Waals surface area contributed by atoms with Gasteiger partial charge >= 0.3 is 0 Å². The molecule has 21 heavy (non-hydrogen) atoms. The van der Waals surface area contributed by atoms with Crippen LogP contribution in [0.15, 0.2) is 24.3 Å². The second kappa shape index (κ2) is 7.15. The van der Waals surface area contributed by atoms with Gasteiger partial charge in [0.05, 0.1) is 0 Å². The number of hydrogen-bond acceptors (Lipinski definition) is 1. The summed E-state index contributed by atoms with van der Waals surface area (Å²) in [5.41, 5.74) is 1.81. The van der Waals surface area contributed by atoms with Crippen LogP contribution in [0.2, 0.25) is 5.02 Å². The highest BCUT2D eigenvalue weighted by Crippen LogP contribution is 2.41. The lowest BCUT2D eigenvalue weighted by molar-refractivity contribution is 0.134. The van der Waals surface area contributed by atoms with Crippen LogP contribution in [0.5, 0.6) is 0 Å². The lowest BCUT2D eigenvalue weighted by atomic mass is 9.68. The summed E-state index contributed by atoms with van der Waals surface area (Å²) in [5.74, 6) is 1.69. The maximum atomic E-state index is 6.11. The van der Waals surface area contributed by atoms with Gasteiger partial charge in [0.2, 0.25) is 0 Å². The predicted octanol–water partition coefficient (Wildman–Crippen LogP) is 5.32. The monoisotopic (exact) mass is 307 g/mol. The maximum Gasteiger partial charge on any atom is 0.0408 e. The zero-order chi connectivity index (χ0) is 15.5. The summed E-state index contributed by atoms with van der Waals surface area (Å²) in [6, 6.07) is 8.88. The Morgan fingerprint density at radius 2 is 1.86 bits per heavy atom. The lowest BCUT2D eigenvalue weighted by Crippen LogP contribution is -2.39. The molecule has 1 aliphatic rings. The third kappa shape index (κ3) is 4.72. The van der Waals surface area contributed by atoms with Crippen LogP contribution >= 0.6 is 11.6 Å². The van der Waals surface area contributed by atoms with E-state index in [1.807, 2.05) is 6.07 Å². The smallest absolute Gasteiger partial charge is 0.0408 e. The predicted molar refractivity (Wildman–Crippen MR) is 92.9 cm³/mol. The number of likely N-dealkylation sites (N-methyl/N-ethyl adjacent to an activating group) is 1. The van der Waals surface area contributed by atoms with Gasteiger partial charge in [-0.2, -0.15) is 0 Å². The highest BCUT2D eigenvalue weighted by Gasteiger charge is 2.32. The van der Waals surface area contributed by atoms with Crippen molar-refractivity contribution in [3.05, 3.63) is 34.9 Å². The largest absolute Gasteiger partial charge is 0.316 e. The molecule has 0 spiro atoms. The first kappa shape index (κ1) is 16.8. The second-order valence-electron chi connectivity index (χ2n) is 7.71. The molecule has 2 heteroatoms. The van der Waals surface area contributed by atoms with E-state index < -0.39 is 0 Å². The van der Waals surface area contributed by atoms with E-state index in [0.29, 0.717) is 11.5 Å². The van der Waals surface area contributed by atoms with Crippen molar-refractivity contribution in [3.8, 4) is 0 Å². The molecule has 0 heterocycles. The van der Waals surface area contributed by atoms with Crippen LogP contribution in [0.4, 0.5) is 0 Å². The molecule has 1 N–H and O–H groups in total. The van der Waals surface area contributed by atoms with Crippen molar-refractivity contribution in [2.45, 2.75) is 58.9 Å². The molecule has 0 aliphatic heterocycles. The fourth-order valence-electron chi connectivity index (χ4n) is 3.81. The number of rotatable bonds is 4. The van der Waals surface area contributed by atoms with Crippen LogP contribution in [0, 0.1) is 17.3 Å². The average molecular weight is 308 g/mol. The third-order valence-electron chi connectivity index (χ3n) is 5.28. The summed E-state index contributed by atoms with van der Waals surface area (Å²) in [5, 5.41) is 4.40. The van der Waals surface area contributed by atoms with Gasteiger partial charge in [-0.05, 0) is 74.1 Å². The van der Waals surface area contributed by atoms with E-state index in [9.17, 15) is 0 Å². The molecule has 1 unspecified atom stereocenters. The second-order valence-corrected chi connectivity index (χ2v) is 8.14. The zero-order valence-electron chi connectivity index (χ0n) is 14.0. The number of hydrogen-bond donors (Lipinski definition) is 1. The zero-order valence-corrected chi connectivity index (χ0v) is 14.7. The van der Waals surface area contributed by atoms with Crippen molar-refractivity contribution < 1.29 is 0 Å². The molecule has 118 valence electrons. The Morgan fingerprint density at radius 3 is 2.38 bits per heavy atom. The SMILES string of the molecule is CNC(Cc1cccc(Cl)c1)C1CCC(C(C)(C)C)CC1. The van der Waals surface area contributed by atoms with E-state index in [2.05, 4.69) is 51.3 Å². The number of nitrogens with one attached hydrogen (secondary N) is 1. The van der Waals surface area contributed by atoms with Crippen molar-refractivity contribution in [3.63, 3.8) is 0 Å². The fraction of sp³-hybridized carbons (Fsp3) is 0.684. The van der Waals surface area contributed by atoms with Crippen molar-refractivity contribution >= 4 is 11.6 Å². The van der Waals surface area contributed by atoms with Crippen LogP contribution in [-0.2, 0) is 6.42 Å². The molecule has 1 aromatic rings. The number of halogens is 1. The molecule has 0 aromatic heterocycles. The lowest BCUT2D eigenvalue weighted by Gasteiger charge is -2.39. The Bertz CT molecular complexity index is 441. The average Bonchev–Trinajstić information content (AvgIpc) is 2.44. The van der Waals surface area contributed by atoms with Crippen LogP contribution in [-0.4, -0.2) is 13.1 Å². The van der Waals surface area contributed by atoms with Crippen molar-refractivity contribution in [1.29, 1.82) is 0 Å². The maximum absolute atomic E-state index is 6.11. The first-order chi connectivity index (χ1) is 9.90. The molecular formula is C19H30ClN. The summed E-state index contributed by atoms with van der Waals surface area (Å²) < 4.78 is 0. The first-order valence-electron chi connectivity index (χ1n) is 8.32. The topological polar surface area (TPSA) is 12.0 Å². The van der Waals surface area contributed by atoms with E-state index in [1.54, 1.807) is 0 Å². The van der Waals surface area contributed by atoms with Crippen LogP contribution in [0.3, 0.4) is 0 Å². The molecule has 1 atom stereocenters. The quantitative estimate of drug-likeness (QED) is 0.793. The summed E-state index contributed by atoms with van der Waals surface area (Å²) in [7, 11) is 2.10. The van der Waals surface area contributed by atoms with Gasteiger partial charge in [0, 0.05) is 11.1 Å². The Kier molecular flexibility index (Phi) is 5.73.